The molecule has 0 spiro atoms. The van der Waals surface area contributed by atoms with Crippen molar-refractivity contribution in [2.45, 2.75) is 52.1 Å². The van der Waals surface area contributed by atoms with Crippen LogP contribution in [0.3, 0.4) is 0 Å². The second-order valence-corrected chi connectivity index (χ2v) is 7.80. The summed E-state index contributed by atoms with van der Waals surface area (Å²) in [5, 5.41) is 6.77. The van der Waals surface area contributed by atoms with E-state index in [9.17, 15) is 9.59 Å². The van der Waals surface area contributed by atoms with Gasteiger partial charge in [-0.3, -0.25) is 9.59 Å². The van der Waals surface area contributed by atoms with Crippen LogP contribution in [0.1, 0.15) is 56.8 Å². The minimum absolute atomic E-state index is 0.126. The van der Waals surface area contributed by atoms with Crippen molar-refractivity contribution in [2.75, 3.05) is 11.6 Å². The highest BCUT2D eigenvalue weighted by Crippen LogP contribution is 2.24. The van der Waals surface area contributed by atoms with Crippen molar-refractivity contribution in [1.29, 1.82) is 0 Å². The Bertz CT molecular complexity index is 563. The average Bonchev–Trinajstić information content (AvgIpc) is 3.05. The van der Waals surface area contributed by atoms with E-state index in [0.717, 1.165) is 0 Å². The summed E-state index contributed by atoms with van der Waals surface area (Å²) in [4.78, 5) is 26.5. The smallest absolute Gasteiger partial charge is 0.277 e. The molecule has 2 amide bonds. The second-order valence-electron chi connectivity index (χ2n) is 6.80. The number of thioether (sulfide) groups is 1. The zero-order valence-electron chi connectivity index (χ0n) is 13.7. The van der Waals surface area contributed by atoms with Crippen LogP contribution < -0.4 is 5.32 Å². The topological polar surface area (TPSA) is 75.4 Å². The average molecular weight is 325 g/mol. The van der Waals surface area contributed by atoms with Gasteiger partial charge >= 0.3 is 0 Å². The normalized spacial score (nSPS) is 18.8. The van der Waals surface area contributed by atoms with Crippen LogP contribution in [-0.2, 0) is 4.79 Å². The molecular weight excluding hydrogens is 302 g/mol. The van der Waals surface area contributed by atoms with Crippen molar-refractivity contribution in [3.8, 4) is 0 Å². The first-order chi connectivity index (χ1) is 10.2. The fourth-order valence-electron chi connectivity index (χ4n) is 2.12. The van der Waals surface area contributed by atoms with Gasteiger partial charge in [-0.2, -0.15) is 0 Å². The van der Waals surface area contributed by atoms with E-state index in [1.807, 2.05) is 34.6 Å². The number of hydrogen-bond acceptors (Lipinski definition) is 5. The van der Waals surface area contributed by atoms with Crippen molar-refractivity contribution in [3.63, 3.8) is 0 Å². The number of aromatic nitrogens is 1. The molecule has 2 rings (SSSR count). The van der Waals surface area contributed by atoms with Crippen LogP contribution in [0.25, 0.3) is 0 Å². The maximum Gasteiger partial charge on any atom is 0.277 e. The van der Waals surface area contributed by atoms with Gasteiger partial charge in [0, 0.05) is 23.3 Å². The third-order valence-electron chi connectivity index (χ3n) is 3.26. The van der Waals surface area contributed by atoms with Gasteiger partial charge in [0.05, 0.1) is 5.88 Å². The lowest BCUT2D eigenvalue weighted by molar-refractivity contribution is -0.125. The summed E-state index contributed by atoms with van der Waals surface area (Å²) in [5.41, 5.74) is -0.0580. The molecule has 1 saturated heterocycles. The third kappa shape index (κ3) is 3.82. The van der Waals surface area contributed by atoms with Gasteiger partial charge in [0.2, 0.25) is 5.91 Å². The van der Waals surface area contributed by atoms with Gasteiger partial charge in [0.15, 0.2) is 5.69 Å². The van der Waals surface area contributed by atoms with Crippen LogP contribution in [0, 0.1) is 0 Å². The van der Waals surface area contributed by atoms with Gasteiger partial charge in [0.25, 0.3) is 5.91 Å². The molecule has 6 nitrogen and oxygen atoms in total. The van der Waals surface area contributed by atoms with Crippen LogP contribution in [0.4, 0.5) is 0 Å². The van der Waals surface area contributed by atoms with Crippen LogP contribution in [-0.4, -0.2) is 45.1 Å². The standard InChI is InChI=1S/C15H23N3O3S/c1-9(2)12-6-10(17-21-12)14(20)18-8-22-7-11(18)13(19)16-15(3,4)5/h6,9,11H,7-8H2,1-5H3,(H,16,19)/t11-/m1/s1. The van der Waals surface area contributed by atoms with Crippen LogP contribution in [0.2, 0.25) is 0 Å². The highest BCUT2D eigenvalue weighted by molar-refractivity contribution is 7.99. The van der Waals surface area contributed by atoms with Crippen LogP contribution in [0.15, 0.2) is 10.6 Å². The molecule has 0 bridgehead atoms. The first kappa shape index (κ1) is 16.9. The summed E-state index contributed by atoms with van der Waals surface area (Å²) < 4.78 is 5.18. The Morgan fingerprint density at radius 1 is 1.45 bits per heavy atom. The predicted octanol–water partition coefficient (Wildman–Crippen LogP) is 2.23. The predicted molar refractivity (Wildman–Crippen MR) is 85.8 cm³/mol. The van der Waals surface area contributed by atoms with E-state index in [4.69, 9.17) is 4.52 Å². The maximum atomic E-state index is 12.6. The molecule has 1 N–H and O–H groups in total. The molecule has 1 atom stereocenters. The fourth-order valence-corrected chi connectivity index (χ4v) is 3.28. The summed E-state index contributed by atoms with van der Waals surface area (Å²) in [5.74, 6) is 1.55. The van der Waals surface area contributed by atoms with E-state index in [1.165, 1.54) is 0 Å². The molecule has 22 heavy (non-hydrogen) atoms. The zero-order chi connectivity index (χ0) is 16.5. The molecule has 1 aliphatic rings. The van der Waals surface area contributed by atoms with E-state index in [2.05, 4.69) is 10.5 Å². The van der Waals surface area contributed by atoms with E-state index >= 15 is 0 Å². The Morgan fingerprint density at radius 2 is 2.14 bits per heavy atom. The van der Waals surface area contributed by atoms with Gasteiger partial charge in [-0.05, 0) is 20.8 Å². The number of rotatable bonds is 3. The molecule has 0 radical (unpaired) electrons. The van der Waals surface area contributed by atoms with Gasteiger partial charge in [-0.1, -0.05) is 19.0 Å². The number of nitrogens with one attached hydrogen (secondary N) is 1. The van der Waals surface area contributed by atoms with Crippen molar-refractivity contribution in [1.82, 2.24) is 15.4 Å². The van der Waals surface area contributed by atoms with Gasteiger partial charge in [-0.25, -0.2) is 0 Å². The second kappa shape index (κ2) is 6.32. The van der Waals surface area contributed by atoms with Crippen molar-refractivity contribution < 1.29 is 14.1 Å². The molecule has 1 aliphatic heterocycles. The first-order valence-corrected chi connectivity index (χ1v) is 8.52. The summed E-state index contributed by atoms with van der Waals surface area (Å²) in [6.07, 6.45) is 0. The number of carbonyl (C=O) groups excluding carboxylic acids is 2. The van der Waals surface area contributed by atoms with E-state index in [1.54, 1.807) is 22.7 Å². The van der Waals surface area contributed by atoms with Gasteiger partial charge < -0.3 is 14.7 Å². The lowest BCUT2D eigenvalue weighted by Crippen LogP contribution is -2.52. The summed E-state index contributed by atoms with van der Waals surface area (Å²) in [7, 11) is 0. The van der Waals surface area contributed by atoms with E-state index < -0.39 is 6.04 Å². The van der Waals surface area contributed by atoms with Crippen molar-refractivity contribution in [3.05, 3.63) is 17.5 Å². The number of amides is 2. The zero-order valence-corrected chi connectivity index (χ0v) is 14.5. The van der Waals surface area contributed by atoms with E-state index in [0.29, 0.717) is 17.4 Å². The number of carbonyl (C=O) groups is 2. The minimum atomic E-state index is -0.462. The lowest BCUT2D eigenvalue weighted by Gasteiger charge is -2.27. The molecular formula is C15H23N3O3S. The summed E-state index contributed by atoms with van der Waals surface area (Å²) in [6.45, 7) is 9.71. The lowest BCUT2D eigenvalue weighted by atomic mass is 10.1. The quantitative estimate of drug-likeness (QED) is 0.922. The number of hydrogen-bond donors (Lipinski definition) is 1. The Labute approximate surface area is 135 Å². The molecule has 1 aromatic heterocycles. The Balaban J connectivity index is 2.12. The molecule has 1 aromatic rings. The van der Waals surface area contributed by atoms with E-state index in [-0.39, 0.29) is 29.0 Å². The molecule has 7 heteroatoms. The Kier molecular flexibility index (Phi) is 4.84. The highest BCUT2D eigenvalue weighted by Gasteiger charge is 2.37. The van der Waals surface area contributed by atoms with Gasteiger partial charge in [0.1, 0.15) is 11.8 Å². The molecule has 1 fully saturated rings. The minimum Gasteiger partial charge on any atom is -0.360 e. The molecule has 0 unspecified atom stereocenters. The Hall–Kier alpha value is -1.50. The maximum absolute atomic E-state index is 12.6. The van der Waals surface area contributed by atoms with Crippen molar-refractivity contribution in [2.24, 2.45) is 0 Å². The molecule has 122 valence electrons. The molecule has 0 saturated carbocycles. The molecule has 0 aliphatic carbocycles. The van der Waals surface area contributed by atoms with Crippen molar-refractivity contribution >= 4 is 23.6 Å². The highest BCUT2D eigenvalue weighted by atomic mass is 32.2. The van der Waals surface area contributed by atoms with Crippen LogP contribution >= 0.6 is 11.8 Å². The summed E-state index contributed by atoms with van der Waals surface area (Å²) in [6, 6.07) is 1.20. The largest absolute Gasteiger partial charge is 0.360 e. The van der Waals surface area contributed by atoms with Gasteiger partial charge in [-0.15, -0.1) is 11.8 Å². The fraction of sp³-hybridized carbons (Fsp3) is 0.667. The SMILES string of the molecule is CC(C)c1cc(C(=O)N2CSC[C@@H]2C(=O)NC(C)(C)C)no1. The monoisotopic (exact) mass is 325 g/mol. The molecule has 0 aromatic carbocycles. The third-order valence-corrected chi connectivity index (χ3v) is 4.27. The molecule has 2 heterocycles. The van der Waals surface area contributed by atoms with Crippen LogP contribution in [0.5, 0.6) is 0 Å². The number of nitrogens with zero attached hydrogens (tertiary/aromatic N) is 2. The Morgan fingerprint density at radius 3 is 2.68 bits per heavy atom. The first-order valence-electron chi connectivity index (χ1n) is 7.36. The summed E-state index contributed by atoms with van der Waals surface area (Å²) >= 11 is 1.57.